The molecule has 0 saturated carbocycles. The van der Waals surface area contributed by atoms with E-state index in [1.807, 2.05) is 20.9 Å². The highest BCUT2D eigenvalue weighted by atomic mass is 16.5. The summed E-state index contributed by atoms with van der Waals surface area (Å²) in [5, 5.41) is 0. The van der Waals surface area contributed by atoms with Crippen LogP contribution < -0.4 is 10.6 Å². The topological polar surface area (TPSA) is 64.3 Å². The van der Waals surface area contributed by atoms with Crippen LogP contribution in [0, 0.1) is 6.92 Å². The van der Waals surface area contributed by atoms with Crippen molar-refractivity contribution >= 4 is 11.6 Å². The van der Waals surface area contributed by atoms with Gasteiger partial charge in [0, 0.05) is 25.6 Å². The van der Waals surface area contributed by atoms with Crippen LogP contribution in [0.25, 0.3) is 0 Å². The highest BCUT2D eigenvalue weighted by Gasteiger charge is 2.23. The maximum Gasteiger partial charge on any atom is 0.137 e. The second-order valence-electron chi connectivity index (χ2n) is 4.46. The first-order chi connectivity index (χ1) is 8.13. The molecule has 1 aromatic rings. The number of hydrogen-bond donors (Lipinski definition) is 1. The van der Waals surface area contributed by atoms with E-state index in [2.05, 4.69) is 14.9 Å². The fraction of sp³-hybridized carbons (Fsp3) is 0.667. The molecule has 0 amide bonds. The molecular formula is C12H20N4O. The van der Waals surface area contributed by atoms with Crippen molar-refractivity contribution in [1.82, 2.24) is 9.97 Å². The molecule has 1 aliphatic rings. The minimum Gasteiger partial charge on any atom is -0.383 e. The van der Waals surface area contributed by atoms with Crippen LogP contribution in [0.1, 0.15) is 24.7 Å². The SMILES string of the molecule is CCc1nc(N)c(C)c(N(C)C2CCOC2)n1. The third-order valence-electron chi connectivity index (χ3n) is 3.31. The Labute approximate surface area is 102 Å². The summed E-state index contributed by atoms with van der Waals surface area (Å²) in [5.41, 5.74) is 6.88. The highest BCUT2D eigenvalue weighted by molar-refractivity contribution is 5.56. The van der Waals surface area contributed by atoms with Crippen LogP contribution in [-0.4, -0.2) is 36.3 Å². The standard InChI is InChI=1S/C12H20N4O/c1-4-10-14-11(13)8(2)12(15-10)16(3)9-5-6-17-7-9/h9H,4-7H2,1-3H3,(H2,13,14,15). The summed E-state index contributed by atoms with van der Waals surface area (Å²) in [4.78, 5) is 11.0. The molecule has 2 heterocycles. The van der Waals surface area contributed by atoms with E-state index in [1.165, 1.54) is 0 Å². The van der Waals surface area contributed by atoms with Crippen molar-refractivity contribution in [2.45, 2.75) is 32.7 Å². The average Bonchev–Trinajstić information content (AvgIpc) is 2.85. The van der Waals surface area contributed by atoms with Gasteiger partial charge in [0.2, 0.25) is 0 Å². The molecule has 0 aromatic carbocycles. The molecule has 1 atom stereocenters. The Balaban J connectivity index is 2.32. The summed E-state index contributed by atoms with van der Waals surface area (Å²) < 4.78 is 5.41. The molecule has 0 bridgehead atoms. The van der Waals surface area contributed by atoms with Gasteiger partial charge in [-0.25, -0.2) is 9.97 Å². The number of likely N-dealkylation sites (N-methyl/N-ethyl adjacent to an activating group) is 1. The lowest BCUT2D eigenvalue weighted by molar-refractivity contribution is 0.193. The van der Waals surface area contributed by atoms with Crippen LogP contribution in [-0.2, 0) is 11.2 Å². The highest BCUT2D eigenvalue weighted by Crippen LogP contribution is 2.24. The van der Waals surface area contributed by atoms with Crippen molar-refractivity contribution < 1.29 is 4.74 Å². The Kier molecular flexibility index (Phi) is 3.47. The van der Waals surface area contributed by atoms with Crippen LogP contribution in [0.4, 0.5) is 11.6 Å². The zero-order valence-electron chi connectivity index (χ0n) is 10.7. The van der Waals surface area contributed by atoms with Gasteiger partial charge in [-0.3, -0.25) is 0 Å². The molecule has 1 aromatic heterocycles. The van der Waals surface area contributed by atoms with Gasteiger partial charge in [0.05, 0.1) is 12.6 Å². The summed E-state index contributed by atoms with van der Waals surface area (Å²) >= 11 is 0. The summed E-state index contributed by atoms with van der Waals surface area (Å²) in [5.74, 6) is 2.32. The van der Waals surface area contributed by atoms with Crippen molar-refractivity contribution in [2.24, 2.45) is 0 Å². The van der Waals surface area contributed by atoms with E-state index in [9.17, 15) is 0 Å². The molecule has 17 heavy (non-hydrogen) atoms. The summed E-state index contributed by atoms with van der Waals surface area (Å²) in [6, 6.07) is 0.396. The number of nitrogens with two attached hydrogens (primary N) is 1. The number of ether oxygens (including phenoxy) is 1. The zero-order valence-corrected chi connectivity index (χ0v) is 10.7. The van der Waals surface area contributed by atoms with Gasteiger partial charge in [0.1, 0.15) is 17.5 Å². The predicted octanol–water partition coefficient (Wildman–Crippen LogP) is 1.15. The van der Waals surface area contributed by atoms with Gasteiger partial charge >= 0.3 is 0 Å². The van der Waals surface area contributed by atoms with Crippen LogP contribution in [0.5, 0.6) is 0 Å². The van der Waals surface area contributed by atoms with Crippen molar-refractivity contribution in [3.05, 3.63) is 11.4 Å². The zero-order chi connectivity index (χ0) is 12.4. The number of anilines is 2. The summed E-state index contributed by atoms with van der Waals surface area (Å²) in [7, 11) is 2.05. The van der Waals surface area contributed by atoms with E-state index in [4.69, 9.17) is 10.5 Å². The van der Waals surface area contributed by atoms with E-state index in [1.54, 1.807) is 0 Å². The Morgan fingerprint density at radius 3 is 2.82 bits per heavy atom. The Morgan fingerprint density at radius 2 is 2.24 bits per heavy atom. The van der Waals surface area contributed by atoms with Gasteiger partial charge in [-0.2, -0.15) is 0 Å². The maximum atomic E-state index is 5.92. The Morgan fingerprint density at radius 1 is 1.47 bits per heavy atom. The predicted molar refractivity (Wildman–Crippen MR) is 68.2 cm³/mol. The molecule has 94 valence electrons. The Bertz CT molecular complexity index is 402. The molecule has 2 N–H and O–H groups in total. The Hall–Kier alpha value is -1.36. The van der Waals surface area contributed by atoms with Gasteiger partial charge in [0.15, 0.2) is 0 Å². The molecule has 5 nitrogen and oxygen atoms in total. The van der Waals surface area contributed by atoms with E-state index < -0.39 is 0 Å². The second-order valence-corrected chi connectivity index (χ2v) is 4.46. The number of aryl methyl sites for hydroxylation is 1. The molecule has 0 radical (unpaired) electrons. The van der Waals surface area contributed by atoms with Gasteiger partial charge in [-0.15, -0.1) is 0 Å². The first kappa shape index (κ1) is 12.1. The third kappa shape index (κ3) is 2.34. The summed E-state index contributed by atoms with van der Waals surface area (Å²) in [6.45, 7) is 5.60. The molecule has 0 spiro atoms. The third-order valence-corrected chi connectivity index (χ3v) is 3.31. The number of nitrogens with zero attached hydrogens (tertiary/aromatic N) is 3. The molecule has 1 aliphatic heterocycles. The average molecular weight is 236 g/mol. The van der Waals surface area contributed by atoms with E-state index in [0.29, 0.717) is 11.9 Å². The van der Waals surface area contributed by atoms with Gasteiger partial charge in [-0.1, -0.05) is 6.92 Å². The van der Waals surface area contributed by atoms with Crippen LogP contribution in [0.3, 0.4) is 0 Å². The second kappa shape index (κ2) is 4.87. The number of rotatable bonds is 3. The normalized spacial score (nSPS) is 19.6. The molecule has 2 rings (SSSR count). The number of hydrogen-bond acceptors (Lipinski definition) is 5. The molecule has 5 heteroatoms. The van der Waals surface area contributed by atoms with Crippen LogP contribution >= 0.6 is 0 Å². The lowest BCUT2D eigenvalue weighted by Gasteiger charge is -2.26. The molecule has 1 fully saturated rings. The first-order valence-electron chi connectivity index (χ1n) is 6.07. The quantitative estimate of drug-likeness (QED) is 0.853. The van der Waals surface area contributed by atoms with Crippen molar-refractivity contribution in [3.8, 4) is 0 Å². The first-order valence-corrected chi connectivity index (χ1v) is 6.07. The number of nitrogen functional groups attached to an aromatic ring is 1. The van der Waals surface area contributed by atoms with Crippen LogP contribution in [0.2, 0.25) is 0 Å². The molecule has 1 unspecified atom stereocenters. The van der Waals surface area contributed by atoms with E-state index in [0.717, 1.165) is 43.3 Å². The van der Waals surface area contributed by atoms with Crippen molar-refractivity contribution in [1.29, 1.82) is 0 Å². The minimum atomic E-state index is 0.396. The van der Waals surface area contributed by atoms with E-state index in [-0.39, 0.29) is 0 Å². The van der Waals surface area contributed by atoms with Crippen molar-refractivity contribution in [3.63, 3.8) is 0 Å². The monoisotopic (exact) mass is 236 g/mol. The minimum absolute atomic E-state index is 0.396. The smallest absolute Gasteiger partial charge is 0.137 e. The van der Waals surface area contributed by atoms with Gasteiger partial charge in [-0.05, 0) is 13.3 Å². The summed E-state index contributed by atoms with van der Waals surface area (Å²) in [6.07, 6.45) is 1.84. The van der Waals surface area contributed by atoms with Gasteiger partial charge < -0.3 is 15.4 Å². The molecular weight excluding hydrogens is 216 g/mol. The van der Waals surface area contributed by atoms with Gasteiger partial charge in [0.25, 0.3) is 0 Å². The fourth-order valence-corrected chi connectivity index (χ4v) is 2.07. The largest absolute Gasteiger partial charge is 0.383 e. The lowest BCUT2D eigenvalue weighted by Crippen LogP contribution is -2.33. The lowest BCUT2D eigenvalue weighted by atomic mass is 10.2. The van der Waals surface area contributed by atoms with E-state index >= 15 is 0 Å². The fourth-order valence-electron chi connectivity index (χ4n) is 2.07. The van der Waals surface area contributed by atoms with Crippen molar-refractivity contribution in [2.75, 3.05) is 30.9 Å². The maximum absolute atomic E-state index is 5.92. The van der Waals surface area contributed by atoms with Crippen LogP contribution in [0.15, 0.2) is 0 Å². The molecule has 0 aliphatic carbocycles. The number of aromatic nitrogens is 2. The molecule has 1 saturated heterocycles.